The van der Waals surface area contributed by atoms with Crippen LogP contribution in [0, 0.1) is 11.8 Å². The Labute approximate surface area is 82.6 Å². The van der Waals surface area contributed by atoms with E-state index in [1.165, 1.54) is 19.3 Å². The standard InChI is InChI=1S/C12H23N/c1-4-5-6-13-12-8-10(2)7-11(3)9-12/h4-5,10-13H,6-9H2,1-3H3/b5-4+. The average Bonchev–Trinajstić information content (AvgIpc) is 2.03. The summed E-state index contributed by atoms with van der Waals surface area (Å²) in [4.78, 5) is 0. The van der Waals surface area contributed by atoms with Gasteiger partial charge in [-0.3, -0.25) is 0 Å². The maximum Gasteiger partial charge on any atom is 0.0137 e. The number of hydrogen-bond acceptors (Lipinski definition) is 1. The summed E-state index contributed by atoms with van der Waals surface area (Å²) in [5.74, 6) is 1.82. The fourth-order valence-electron chi connectivity index (χ4n) is 2.47. The maximum atomic E-state index is 3.60. The molecule has 0 saturated heterocycles. The topological polar surface area (TPSA) is 12.0 Å². The molecule has 0 aromatic rings. The van der Waals surface area contributed by atoms with Gasteiger partial charge in [0.1, 0.15) is 0 Å². The van der Waals surface area contributed by atoms with Gasteiger partial charge < -0.3 is 5.32 Å². The lowest BCUT2D eigenvalue weighted by Crippen LogP contribution is -2.36. The van der Waals surface area contributed by atoms with Crippen molar-refractivity contribution in [3.8, 4) is 0 Å². The molecule has 1 heteroatoms. The minimum atomic E-state index is 0.759. The van der Waals surface area contributed by atoms with Crippen LogP contribution in [0.25, 0.3) is 0 Å². The third-order valence-electron chi connectivity index (χ3n) is 2.94. The van der Waals surface area contributed by atoms with Gasteiger partial charge in [-0.05, 0) is 38.0 Å². The third kappa shape index (κ3) is 3.95. The van der Waals surface area contributed by atoms with Gasteiger partial charge in [-0.2, -0.15) is 0 Å². The number of rotatable bonds is 3. The summed E-state index contributed by atoms with van der Waals surface area (Å²) in [6.45, 7) is 7.87. The Balaban J connectivity index is 2.24. The summed E-state index contributed by atoms with van der Waals surface area (Å²) in [5.41, 5.74) is 0. The first-order valence-corrected chi connectivity index (χ1v) is 5.57. The molecule has 1 saturated carbocycles. The van der Waals surface area contributed by atoms with E-state index < -0.39 is 0 Å². The highest BCUT2D eigenvalue weighted by Crippen LogP contribution is 2.28. The zero-order chi connectivity index (χ0) is 9.68. The second-order valence-corrected chi connectivity index (χ2v) is 4.59. The fourth-order valence-corrected chi connectivity index (χ4v) is 2.47. The molecule has 0 aromatic carbocycles. The van der Waals surface area contributed by atoms with Crippen molar-refractivity contribution in [1.29, 1.82) is 0 Å². The highest BCUT2D eigenvalue weighted by molar-refractivity contribution is 4.85. The molecule has 1 fully saturated rings. The largest absolute Gasteiger partial charge is 0.311 e. The molecule has 0 amide bonds. The van der Waals surface area contributed by atoms with Crippen molar-refractivity contribution in [2.24, 2.45) is 11.8 Å². The quantitative estimate of drug-likeness (QED) is 0.660. The average molecular weight is 181 g/mol. The first kappa shape index (κ1) is 10.8. The number of allylic oxidation sites excluding steroid dienone is 1. The van der Waals surface area contributed by atoms with Gasteiger partial charge in [-0.25, -0.2) is 0 Å². The molecule has 1 nitrogen and oxygen atoms in total. The van der Waals surface area contributed by atoms with Crippen molar-refractivity contribution in [2.45, 2.75) is 46.1 Å². The fraction of sp³-hybridized carbons (Fsp3) is 0.833. The summed E-state index contributed by atoms with van der Waals surface area (Å²) >= 11 is 0. The first-order valence-electron chi connectivity index (χ1n) is 5.57. The van der Waals surface area contributed by atoms with Gasteiger partial charge in [0.2, 0.25) is 0 Å². The van der Waals surface area contributed by atoms with Crippen molar-refractivity contribution in [3.63, 3.8) is 0 Å². The van der Waals surface area contributed by atoms with Crippen molar-refractivity contribution in [1.82, 2.24) is 5.32 Å². The van der Waals surface area contributed by atoms with Gasteiger partial charge in [0.25, 0.3) is 0 Å². The Morgan fingerprint density at radius 2 is 1.77 bits per heavy atom. The molecule has 1 aliphatic rings. The molecule has 76 valence electrons. The first-order chi connectivity index (χ1) is 6.22. The van der Waals surface area contributed by atoms with E-state index >= 15 is 0 Å². The van der Waals surface area contributed by atoms with Gasteiger partial charge in [-0.1, -0.05) is 26.0 Å². The van der Waals surface area contributed by atoms with Crippen LogP contribution >= 0.6 is 0 Å². The molecule has 1 aliphatic carbocycles. The molecule has 0 heterocycles. The van der Waals surface area contributed by atoms with Gasteiger partial charge in [0, 0.05) is 12.6 Å². The second kappa shape index (κ2) is 5.43. The SMILES string of the molecule is C/C=C/CNC1CC(C)CC(C)C1. The number of nitrogens with one attached hydrogen (secondary N) is 1. The molecule has 1 N–H and O–H groups in total. The van der Waals surface area contributed by atoms with Crippen LogP contribution in [0.2, 0.25) is 0 Å². The van der Waals surface area contributed by atoms with Crippen LogP contribution in [-0.4, -0.2) is 12.6 Å². The van der Waals surface area contributed by atoms with Crippen molar-refractivity contribution in [2.75, 3.05) is 6.54 Å². The third-order valence-corrected chi connectivity index (χ3v) is 2.94. The lowest BCUT2D eigenvalue weighted by atomic mass is 9.80. The van der Waals surface area contributed by atoms with Crippen LogP contribution in [0.3, 0.4) is 0 Å². The summed E-state index contributed by atoms with van der Waals surface area (Å²) in [5, 5.41) is 3.60. The van der Waals surface area contributed by atoms with E-state index in [-0.39, 0.29) is 0 Å². The minimum absolute atomic E-state index is 0.759. The lowest BCUT2D eigenvalue weighted by Gasteiger charge is -2.31. The second-order valence-electron chi connectivity index (χ2n) is 4.59. The Bertz CT molecular complexity index is 153. The highest BCUT2D eigenvalue weighted by atomic mass is 14.9. The van der Waals surface area contributed by atoms with Gasteiger partial charge in [-0.15, -0.1) is 0 Å². The van der Waals surface area contributed by atoms with Crippen molar-refractivity contribution in [3.05, 3.63) is 12.2 Å². The lowest BCUT2D eigenvalue weighted by molar-refractivity contribution is 0.243. The van der Waals surface area contributed by atoms with Crippen molar-refractivity contribution < 1.29 is 0 Å². The zero-order valence-electron chi connectivity index (χ0n) is 9.22. The Kier molecular flexibility index (Phi) is 4.51. The monoisotopic (exact) mass is 181 g/mol. The smallest absolute Gasteiger partial charge is 0.0137 e. The summed E-state index contributed by atoms with van der Waals surface area (Å²) < 4.78 is 0. The molecule has 2 unspecified atom stereocenters. The van der Waals surface area contributed by atoms with Gasteiger partial charge in [0.05, 0.1) is 0 Å². The van der Waals surface area contributed by atoms with Crippen LogP contribution in [-0.2, 0) is 0 Å². The zero-order valence-corrected chi connectivity index (χ0v) is 9.22. The van der Waals surface area contributed by atoms with Crippen LogP contribution in [0.1, 0.15) is 40.0 Å². The van der Waals surface area contributed by atoms with Gasteiger partial charge in [0.15, 0.2) is 0 Å². The molecular formula is C12H23N. The molecule has 0 spiro atoms. The molecular weight excluding hydrogens is 158 g/mol. The highest BCUT2D eigenvalue weighted by Gasteiger charge is 2.22. The van der Waals surface area contributed by atoms with E-state index in [2.05, 4.69) is 38.2 Å². The Hall–Kier alpha value is -0.300. The van der Waals surface area contributed by atoms with Crippen LogP contribution < -0.4 is 5.32 Å². The normalized spacial score (nSPS) is 35.5. The molecule has 13 heavy (non-hydrogen) atoms. The van der Waals surface area contributed by atoms with E-state index in [9.17, 15) is 0 Å². The summed E-state index contributed by atoms with van der Waals surface area (Å²) in [6, 6.07) is 0.759. The maximum absolute atomic E-state index is 3.60. The Morgan fingerprint density at radius 3 is 2.31 bits per heavy atom. The Morgan fingerprint density at radius 1 is 1.15 bits per heavy atom. The molecule has 0 aromatic heterocycles. The van der Waals surface area contributed by atoms with E-state index in [0.29, 0.717) is 0 Å². The molecule has 0 aliphatic heterocycles. The van der Waals surface area contributed by atoms with Crippen molar-refractivity contribution >= 4 is 0 Å². The molecule has 1 rings (SSSR count). The van der Waals surface area contributed by atoms with E-state index in [1.807, 2.05) is 0 Å². The summed E-state index contributed by atoms with van der Waals surface area (Å²) in [6.07, 6.45) is 8.46. The van der Waals surface area contributed by atoms with Gasteiger partial charge >= 0.3 is 0 Å². The van der Waals surface area contributed by atoms with E-state index in [1.54, 1.807) is 0 Å². The van der Waals surface area contributed by atoms with E-state index in [0.717, 1.165) is 24.4 Å². The van der Waals surface area contributed by atoms with Crippen LogP contribution in [0.4, 0.5) is 0 Å². The predicted molar refractivity (Wildman–Crippen MR) is 58.8 cm³/mol. The van der Waals surface area contributed by atoms with Crippen LogP contribution in [0.5, 0.6) is 0 Å². The molecule has 2 atom stereocenters. The predicted octanol–water partition coefficient (Wildman–Crippen LogP) is 2.98. The van der Waals surface area contributed by atoms with Crippen LogP contribution in [0.15, 0.2) is 12.2 Å². The minimum Gasteiger partial charge on any atom is -0.311 e. The van der Waals surface area contributed by atoms with E-state index in [4.69, 9.17) is 0 Å². The molecule has 0 radical (unpaired) electrons. The number of hydrogen-bond donors (Lipinski definition) is 1. The molecule has 0 bridgehead atoms. The summed E-state index contributed by atoms with van der Waals surface area (Å²) in [7, 11) is 0.